The van der Waals surface area contributed by atoms with E-state index in [1.165, 1.54) is 7.11 Å². The topological polar surface area (TPSA) is 72.2 Å². The van der Waals surface area contributed by atoms with Gasteiger partial charge < -0.3 is 9.47 Å². The summed E-state index contributed by atoms with van der Waals surface area (Å²) in [6.45, 7) is 0. The van der Waals surface area contributed by atoms with Crippen LogP contribution in [0.5, 0.6) is 5.88 Å². The second-order valence-electron chi connectivity index (χ2n) is 6.82. The second kappa shape index (κ2) is 8.46. The normalized spacial score (nSPS) is 13.8. The first-order chi connectivity index (χ1) is 14.2. The van der Waals surface area contributed by atoms with E-state index in [-0.39, 0.29) is 5.88 Å². The molecule has 3 aromatic rings. The third-order valence-electron chi connectivity index (χ3n) is 5.07. The number of pyridine rings is 1. The number of thiophene rings is 1. The first-order valence-corrected chi connectivity index (χ1v) is 10.4. The van der Waals surface area contributed by atoms with Crippen molar-refractivity contribution in [3.63, 3.8) is 0 Å². The van der Waals surface area contributed by atoms with Crippen molar-refractivity contribution in [2.75, 3.05) is 7.11 Å². The molecule has 2 heterocycles. The van der Waals surface area contributed by atoms with Gasteiger partial charge in [-0.05, 0) is 42.7 Å². The predicted octanol–water partition coefficient (Wildman–Crippen LogP) is 4.85. The largest absolute Gasteiger partial charge is 0.466 e. The fourth-order valence-electron chi connectivity index (χ4n) is 3.70. The van der Waals surface area contributed by atoms with E-state index in [0.717, 1.165) is 47.4 Å². The lowest BCUT2D eigenvalue weighted by atomic mass is 9.89. The summed E-state index contributed by atoms with van der Waals surface area (Å²) in [5.74, 6) is -0.340. The molecular formula is C23H20N2O3S. The number of fused-ring (bicyclic) bond motifs is 1. The summed E-state index contributed by atoms with van der Waals surface area (Å²) in [6, 6.07) is 15.4. The van der Waals surface area contributed by atoms with Crippen LogP contribution < -0.4 is 4.74 Å². The third kappa shape index (κ3) is 3.74. The van der Waals surface area contributed by atoms with E-state index in [2.05, 4.69) is 11.1 Å². The van der Waals surface area contributed by atoms with Crippen molar-refractivity contribution in [3.8, 4) is 22.4 Å². The molecule has 1 aliphatic rings. The average molecular weight is 404 g/mol. The third-order valence-corrected chi connectivity index (χ3v) is 5.95. The number of esters is 1. The summed E-state index contributed by atoms with van der Waals surface area (Å²) < 4.78 is 11.0. The summed E-state index contributed by atoms with van der Waals surface area (Å²) in [6.07, 6.45) is 2.87. The van der Waals surface area contributed by atoms with Gasteiger partial charge in [0.1, 0.15) is 11.6 Å². The molecule has 0 N–H and O–H groups in total. The van der Waals surface area contributed by atoms with Crippen LogP contribution in [0.15, 0.2) is 47.8 Å². The van der Waals surface area contributed by atoms with Crippen molar-refractivity contribution in [3.05, 3.63) is 70.2 Å². The lowest BCUT2D eigenvalue weighted by Gasteiger charge is -2.23. The molecule has 1 aromatic carbocycles. The van der Waals surface area contributed by atoms with Crippen LogP contribution in [0, 0.1) is 11.3 Å². The first kappa shape index (κ1) is 19.2. The molecule has 0 saturated heterocycles. The van der Waals surface area contributed by atoms with Crippen molar-refractivity contribution in [2.24, 2.45) is 0 Å². The molecule has 5 nitrogen and oxygen atoms in total. The molecular weight excluding hydrogens is 384 g/mol. The van der Waals surface area contributed by atoms with Crippen LogP contribution in [0.3, 0.4) is 0 Å². The Kier molecular flexibility index (Phi) is 5.59. The van der Waals surface area contributed by atoms with Gasteiger partial charge in [-0.15, -0.1) is 11.3 Å². The molecule has 4 rings (SSSR count). The molecule has 0 aliphatic heterocycles. The Balaban J connectivity index is 1.86. The minimum absolute atomic E-state index is 0.191. The number of nitriles is 1. The van der Waals surface area contributed by atoms with E-state index in [1.54, 1.807) is 23.5 Å². The van der Waals surface area contributed by atoms with Gasteiger partial charge in [-0.25, -0.2) is 9.78 Å². The van der Waals surface area contributed by atoms with Gasteiger partial charge in [0, 0.05) is 21.7 Å². The van der Waals surface area contributed by atoms with E-state index in [9.17, 15) is 10.1 Å². The zero-order valence-corrected chi connectivity index (χ0v) is 16.9. The molecule has 1 unspecified atom stereocenters. The lowest BCUT2D eigenvalue weighted by molar-refractivity contribution is -0.149. The number of aromatic nitrogens is 1. The molecule has 6 heteroatoms. The van der Waals surface area contributed by atoms with Crippen LogP contribution in [-0.2, 0) is 22.4 Å². The zero-order chi connectivity index (χ0) is 20.2. The Morgan fingerprint density at radius 2 is 1.97 bits per heavy atom. The second-order valence-corrected chi connectivity index (χ2v) is 7.77. The summed E-state index contributed by atoms with van der Waals surface area (Å²) in [4.78, 5) is 18.2. The fraction of sp³-hybridized carbons (Fsp3) is 0.261. The van der Waals surface area contributed by atoms with E-state index < -0.39 is 12.1 Å². The van der Waals surface area contributed by atoms with Crippen molar-refractivity contribution >= 4 is 17.3 Å². The van der Waals surface area contributed by atoms with Gasteiger partial charge in [0.2, 0.25) is 12.0 Å². The van der Waals surface area contributed by atoms with Crippen LogP contribution in [0.4, 0.5) is 0 Å². The van der Waals surface area contributed by atoms with Gasteiger partial charge in [0.25, 0.3) is 0 Å². The highest BCUT2D eigenvalue weighted by molar-refractivity contribution is 7.13. The van der Waals surface area contributed by atoms with Gasteiger partial charge in [-0.2, -0.15) is 5.26 Å². The summed E-state index contributed by atoms with van der Waals surface area (Å²) >= 11 is 1.59. The standard InChI is InChI=1S/C23H20N2O3S/c1-27-23(26)21(15-8-3-2-4-9-15)28-22-17(14-24)20(19-12-7-13-29-19)16-10-5-6-11-18(16)25-22/h2-4,7-9,12-13,21H,5-6,10-11H2,1H3. The van der Waals surface area contributed by atoms with E-state index >= 15 is 0 Å². The number of hydrogen-bond acceptors (Lipinski definition) is 6. The molecule has 0 amide bonds. The SMILES string of the molecule is COC(=O)C(Oc1nc2c(c(-c3cccs3)c1C#N)CCCC2)c1ccccc1. The monoisotopic (exact) mass is 404 g/mol. The number of hydrogen-bond donors (Lipinski definition) is 0. The summed E-state index contributed by atoms with van der Waals surface area (Å²) in [7, 11) is 1.32. The lowest BCUT2D eigenvalue weighted by Crippen LogP contribution is -2.22. The van der Waals surface area contributed by atoms with Crippen LogP contribution in [0.25, 0.3) is 10.4 Å². The van der Waals surface area contributed by atoms with Crippen molar-refractivity contribution in [2.45, 2.75) is 31.8 Å². The molecule has 29 heavy (non-hydrogen) atoms. The quantitative estimate of drug-likeness (QED) is 0.568. The highest BCUT2D eigenvalue weighted by atomic mass is 32.1. The average Bonchev–Trinajstić information content (AvgIpc) is 3.31. The van der Waals surface area contributed by atoms with E-state index in [4.69, 9.17) is 9.47 Å². The number of methoxy groups -OCH3 is 1. The van der Waals surface area contributed by atoms with Gasteiger partial charge in [0.05, 0.1) is 7.11 Å². The zero-order valence-electron chi connectivity index (χ0n) is 16.1. The van der Waals surface area contributed by atoms with Crippen LogP contribution in [-0.4, -0.2) is 18.1 Å². The number of benzene rings is 1. The predicted molar refractivity (Wildman–Crippen MR) is 111 cm³/mol. The minimum atomic E-state index is -0.987. The van der Waals surface area contributed by atoms with Gasteiger partial charge >= 0.3 is 5.97 Å². The van der Waals surface area contributed by atoms with Crippen LogP contribution in [0.1, 0.15) is 41.3 Å². The molecule has 1 aliphatic carbocycles. The van der Waals surface area contributed by atoms with E-state index in [0.29, 0.717) is 11.1 Å². The Morgan fingerprint density at radius 1 is 1.17 bits per heavy atom. The molecule has 2 aromatic heterocycles. The summed E-state index contributed by atoms with van der Waals surface area (Å²) in [5.41, 5.74) is 3.99. The number of rotatable bonds is 5. The maximum atomic E-state index is 12.5. The Morgan fingerprint density at radius 3 is 2.66 bits per heavy atom. The molecule has 146 valence electrons. The summed E-state index contributed by atoms with van der Waals surface area (Å²) in [5, 5.41) is 12.0. The Hall–Kier alpha value is -3.17. The Bertz CT molecular complexity index is 1060. The molecule has 1 atom stereocenters. The highest BCUT2D eigenvalue weighted by Gasteiger charge is 2.29. The molecule has 0 bridgehead atoms. The fourth-order valence-corrected chi connectivity index (χ4v) is 4.50. The van der Waals surface area contributed by atoms with Gasteiger partial charge in [-0.3, -0.25) is 0 Å². The number of aryl methyl sites for hydroxylation is 1. The van der Waals surface area contributed by atoms with Crippen molar-refractivity contribution in [1.29, 1.82) is 5.26 Å². The molecule has 0 radical (unpaired) electrons. The smallest absolute Gasteiger partial charge is 0.351 e. The van der Waals surface area contributed by atoms with Crippen molar-refractivity contribution < 1.29 is 14.3 Å². The molecule has 0 saturated carbocycles. The molecule has 0 fully saturated rings. The minimum Gasteiger partial charge on any atom is -0.466 e. The maximum Gasteiger partial charge on any atom is 0.351 e. The van der Waals surface area contributed by atoms with Gasteiger partial charge in [0.15, 0.2) is 0 Å². The number of carbonyl (C=O) groups is 1. The molecule has 0 spiro atoms. The maximum absolute atomic E-state index is 12.5. The number of ether oxygens (including phenoxy) is 2. The van der Waals surface area contributed by atoms with Gasteiger partial charge in [-0.1, -0.05) is 36.4 Å². The van der Waals surface area contributed by atoms with Crippen LogP contribution >= 0.6 is 11.3 Å². The van der Waals surface area contributed by atoms with Crippen molar-refractivity contribution in [1.82, 2.24) is 4.98 Å². The first-order valence-electron chi connectivity index (χ1n) is 9.52. The highest BCUT2D eigenvalue weighted by Crippen LogP contribution is 2.40. The van der Waals surface area contributed by atoms with Crippen LogP contribution in [0.2, 0.25) is 0 Å². The Labute approximate surface area is 173 Å². The van der Waals surface area contributed by atoms with E-state index in [1.807, 2.05) is 35.7 Å². The number of carbonyl (C=O) groups excluding carboxylic acids is 1. The number of nitrogens with zero attached hydrogens (tertiary/aromatic N) is 2.